The number of rotatable bonds is 0. The average molecular weight is 185 g/mol. The lowest BCUT2D eigenvalue weighted by atomic mass is 10.1. The van der Waals surface area contributed by atoms with Crippen LogP contribution in [0.4, 0.5) is 0 Å². The van der Waals surface area contributed by atoms with Crippen LogP contribution in [0.3, 0.4) is 0 Å². The number of pyridine rings is 1. The zero-order valence-corrected chi connectivity index (χ0v) is 7.56. The Kier molecular flexibility index (Phi) is 1.33. The van der Waals surface area contributed by atoms with Crippen molar-refractivity contribution in [2.24, 2.45) is 0 Å². The standard InChI is InChI=1S/C10H7N3O/c1-6-2-3-11-10-9(6)7-4-12-13-5-8(7)14-10/h2-5H,1H3. The van der Waals surface area contributed by atoms with Crippen LogP contribution in [0, 0.1) is 6.92 Å². The van der Waals surface area contributed by atoms with Gasteiger partial charge in [0.1, 0.15) is 0 Å². The molecule has 14 heavy (non-hydrogen) atoms. The van der Waals surface area contributed by atoms with E-state index in [9.17, 15) is 0 Å². The molecule has 0 bridgehead atoms. The highest BCUT2D eigenvalue weighted by Gasteiger charge is 2.09. The van der Waals surface area contributed by atoms with Gasteiger partial charge in [0, 0.05) is 6.20 Å². The number of nitrogens with zero attached hydrogens (tertiary/aromatic N) is 3. The maximum atomic E-state index is 5.52. The predicted molar refractivity (Wildman–Crippen MR) is 51.8 cm³/mol. The van der Waals surface area contributed by atoms with Gasteiger partial charge < -0.3 is 4.42 Å². The molecule has 0 spiro atoms. The Morgan fingerprint density at radius 2 is 2.07 bits per heavy atom. The van der Waals surface area contributed by atoms with Crippen LogP contribution in [0.1, 0.15) is 5.56 Å². The molecule has 0 fully saturated rings. The van der Waals surface area contributed by atoms with Gasteiger partial charge in [-0.3, -0.25) is 0 Å². The number of hydrogen-bond donors (Lipinski definition) is 0. The highest BCUT2D eigenvalue weighted by atomic mass is 16.3. The molecule has 0 saturated heterocycles. The molecule has 0 atom stereocenters. The lowest BCUT2D eigenvalue weighted by Crippen LogP contribution is -1.78. The number of fused-ring (bicyclic) bond motifs is 3. The second kappa shape index (κ2) is 2.51. The minimum atomic E-state index is 0.648. The third-order valence-electron chi connectivity index (χ3n) is 2.29. The van der Waals surface area contributed by atoms with Crippen molar-refractivity contribution >= 4 is 22.1 Å². The first-order chi connectivity index (χ1) is 6.86. The summed E-state index contributed by atoms with van der Waals surface area (Å²) >= 11 is 0. The SMILES string of the molecule is Cc1ccnc2oc3cnncc3c12. The number of hydrogen-bond acceptors (Lipinski definition) is 4. The van der Waals surface area contributed by atoms with Gasteiger partial charge in [0.05, 0.1) is 23.2 Å². The Morgan fingerprint density at radius 3 is 3.00 bits per heavy atom. The predicted octanol–water partition coefficient (Wildman–Crippen LogP) is 2.08. The molecule has 3 aromatic heterocycles. The molecule has 0 saturated carbocycles. The fourth-order valence-electron chi connectivity index (χ4n) is 1.62. The van der Waals surface area contributed by atoms with Crippen LogP contribution in [0.2, 0.25) is 0 Å². The number of aromatic nitrogens is 3. The van der Waals surface area contributed by atoms with E-state index in [2.05, 4.69) is 15.2 Å². The van der Waals surface area contributed by atoms with E-state index in [4.69, 9.17) is 4.42 Å². The fourth-order valence-corrected chi connectivity index (χ4v) is 1.62. The lowest BCUT2D eigenvalue weighted by Gasteiger charge is -1.91. The third kappa shape index (κ3) is 0.849. The maximum Gasteiger partial charge on any atom is 0.227 e. The largest absolute Gasteiger partial charge is 0.436 e. The second-order valence-electron chi connectivity index (χ2n) is 3.18. The van der Waals surface area contributed by atoms with E-state index in [1.165, 1.54) is 0 Å². The van der Waals surface area contributed by atoms with Crippen LogP contribution in [-0.2, 0) is 0 Å². The van der Waals surface area contributed by atoms with Crippen LogP contribution in [-0.4, -0.2) is 15.2 Å². The summed E-state index contributed by atoms with van der Waals surface area (Å²) in [6.07, 6.45) is 5.05. The molecule has 4 heteroatoms. The van der Waals surface area contributed by atoms with E-state index in [1.54, 1.807) is 18.6 Å². The molecule has 3 heterocycles. The molecule has 4 nitrogen and oxygen atoms in total. The molecule has 68 valence electrons. The van der Waals surface area contributed by atoms with E-state index in [-0.39, 0.29) is 0 Å². The summed E-state index contributed by atoms with van der Waals surface area (Å²) in [7, 11) is 0. The van der Waals surface area contributed by atoms with Crippen molar-refractivity contribution in [3.8, 4) is 0 Å². The van der Waals surface area contributed by atoms with Crippen molar-refractivity contribution in [3.05, 3.63) is 30.2 Å². The number of furan rings is 1. The van der Waals surface area contributed by atoms with Gasteiger partial charge in [0.2, 0.25) is 5.71 Å². The van der Waals surface area contributed by atoms with Crippen molar-refractivity contribution in [3.63, 3.8) is 0 Å². The summed E-state index contributed by atoms with van der Waals surface area (Å²) in [6.45, 7) is 2.03. The first-order valence-electron chi connectivity index (χ1n) is 4.31. The summed E-state index contributed by atoms with van der Waals surface area (Å²) in [5.74, 6) is 0. The van der Waals surface area contributed by atoms with Crippen molar-refractivity contribution in [2.45, 2.75) is 6.92 Å². The molecule has 0 N–H and O–H groups in total. The van der Waals surface area contributed by atoms with Gasteiger partial charge >= 0.3 is 0 Å². The third-order valence-corrected chi connectivity index (χ3v) is 2.29. The van der Waals surface area contributed by atoms with Gasteiger partial charge in [-0.15, -0.1) is 0 Å². The van der Waals surface area contributed by atoms with E-state index >= 15 is 0 Å². The molecule has 0 aliphatic heterocycles. The normalized spacial score (nSPS) is 11.2. The number of aryl methyl sites for hydroxylation is 1. The quantitative estimate of drug-likeness (QED) is 0.538. The Bertz CT molecular complexity index is 615. The molecule has 0 radical (unpaired) electrons. The van der Waals surface area contributed by atoms with E-state index < -0.39 is 0 Å². The van der Waals surface area contributed by atoms with E-state index in [0.717, 1.165) is 21.9 Å². The highest BCUT2D eigenvalue weighted by Crippen LogP contribution is 2.27. The van der Waals surface area contributed by atoms with Crippen LogP contribution < -0.4 is 0 Å². The van der Waals surface area contributed by atoms with Gasteiger partial charge in [-0.2, -0.15) is 10.2 Å². The molecular weight excluding hydrogens is 178 g/mol. The van der Waals surface area contributed by atoms with Crippen molar-refractivity contribution < 1.29 is 4.42 Å². The smallest absolute Gasteiger partial charge is 0.227 e. The van der Waals surface area contributed by atoms with Gasteiger partial charge in [-0.1, -0.05) is 0 Å². The topological polar surface area (TPSA) is 51.8 Å². The molecule has 0 unspecified atom stereocenters. The molecule has 0 amide bonds. The Balaban J connectivity index is 2.65. The second-order valence-corrected chi connectivity index (χ2v) is 3.18. The molecule has 3 rings (SSSR count). The molecule has 0 aromatic carbocycles. The van der Waals surface area contributed by atoms with E-state index in [0.29, 0.717) is 5.71 Å². The van der Waals surface area contributed by atoms with Gasteiger partial charge in [0.25, 0.3) is 0 Å². The summed E-state index contributed by atoms with van der Waals surface area (Å²) in [4.78, 5) is 4.16. The average Bonchev–Trinajstić information content (AvgIpc) is 2.57. The Hall–Kier alpha value is -1.97. The van der Waals surface area contributed by atoms with Crippen LogP contribution in [0.25, 0.3) is 22.1 Å². The molecule has 0 aliphatic carbocycles. The summed E-state index contributed by atoms with van der Waals surface area (Å²) < 4.78 is 5.52. The van der Waals surface area contributed by atoms with Crippen LogP contribution in [0.5, 0.6) is 0 Å². The first kappa shape index (κ1) is 7.44. The zero-order chi connectivity index (χ0) is 9.54. The van der Waals surface area contributed by atoms with Gasteiger partial charge in [-0.25, -0.2) is 4.98 Å². The Labute approximate surface area is 79.6 Å². The molecule has 3 aromatic rings. The summed E-state index contributed by atoms with van der Waals surface area (Å²) in [5.41, 5.74) is 2.52. The minimum absolute atomic E-state index is 0.648. The highest BCUT2D eigenvalue weighted by molar-refractivity contribution is 6.04. The van der Waals surface area contributed by atoms with Gasteiger partial charge in [-0.05, 0) is 18.6 Å². The minimum Gasteiger partial charge on any atom is -0.436 e. The monoisotopic (exact) mass is 185 g/mol. The maximum absolute atomic E-state index is 5.52. The van der Waals surface area contributed by atoms with Crippen molar-refractivity contribution in [1.29, 1.82) is 0 Å². The molecular formula is C10H7N3O. The van der Waals surface area contributed by atoms with Crippen molar-refractivity contribution in [1.82, 2.24) is 15.2 Å². The fraction of sp³-hybridized carbons (Fsp3) is 0.100. The Morgan fingerprint density at radius 1 is 1.21 bits per heavy atom. The summed E-state index contributed by atoms with van der Waals surface area (Å²) in [6, 6.07) is 1.96. The lowest BCUT2D eigenvalue weighted by molar-refractivity contribution is 0.650. The van der Waals surface area contributed by atoms with Crippen molar-refractivity contribution in [2.75, 3.05) is 0 Å². The van der Waals surface area contributed by atoms with Crippen LogP contribution in [0.15, 0.2) is 29.1 Å². The zero-order valence-electron chi connectivity index (χ0n) is 7.56. The van der Waals surface area contributed by atoms with Gasteiger partial charge in [0.15, 0.2) is 5.58 Å². The first-order valence-corrected chi connectivity index (χ1v) is 4.31. The van der Waals surface area contributed by atoms with Crippen LogP contribution >= 0.6 is 0 Å². The summed E-state index contributed by atoms with van der Waals surface area (Å²) in [5, 5.41) is 9.60. The van der Waals surface area contributed by atoms with E-state index in [1.807, 2.05) is 13.0 Å². The molecule has 0 aliphatic rings.